The predicted molar refractivity (Wildman–Crippen MR) is 100 cm³/mol. The first kappa shape index (κ1) is 17.7. The Kier molecular flexibility index (Phi) is 5.02. The van der Waals surface area contributed by atoms with Gasteiger partial charge in [0.1, 0.15) is 6.54 Å². The van der Waals surface area contributed by atoms with Crippen molar-refractivity contribution in [3.05, 3.63) is 59.5 Å². The van der Waals surface area contributed by atoms with E-state index in [-0.39, 0.29) is 18.4 Å². The average Bonchev–Trinajstić information content (AvgIpc) is 2.90. The fourth-order valence-electron chi connectivity index (χ4n) is 3.01. The number of carbonyl (C=O) groups excluding carboxylic acids is 2. The highest BCUT2D eigenvalue weighted by molar-refractivity contribution is 6.01. The van der Waals surface area contributed by atoms with Crippen LogP contribution in [-0.2, 0) is 16.1 Å². The fraction of sp³-hybridized carbons (Fsp3) is 0.250. The summed E-state index contributed by atoms with van der Waals surface area (Å²) in [6.45, 7) is 5.88. The van der Waals surface area contributed by atoms with Gasteiger partial charge in [0.15, 0.2) is 0 Å². The zero-order valence-electron chi connectivity index (χ0n) is 15.1. The quantitative estimate of drug-likeness (QED) is 0.715. The number of benzene rings is 1. The standard InChI is InChI=1S/C20H21N3O3/c1-4-26-20(25)16-11-13(2)23(14(16)3)12-19(24)22-18-9-5-8-17-15(18)7-6-10-21-17/h5-11H,4,12H2,1-3H3,(H,22,24). The summed E-state index contributed by atoms with van der Waals surface area (Å²) < 4.78 is 6.88. The number of anilines is 1. The fourth-order valence-corrected chi connectivity index (χ4v) is 3.01. The Morgan fingerprint density at radius 3 is 2.77 bits per heavy atom. The molecule has 0 atom stereocenters. The highest BCUT2D eigenvalue weighted by Crippen LogP contribution is 2.22. The third kappa shape index (κ3) is 3.44. The monoisotopic (exact) mass is 351 g/mol. The van der Waals surface area contributed by atoms with Crippen LogP contribution in [-0.4, -0.2) is 28.0 Å². The molecule has 2 heterocycles. The number of hydrogen-bond donors (Lipinski definition) is 1. The molecule has 6 nitrogen and oxygen atoms in total. The SMILES string of the molecule is CCOC(=O)c1cc(C)n(CC(=O)Nc2cccc3ncccc23)c1C. The molecule has 0 fully saturated rings. The summed E-state index contributed by atoms with van der Waals surface area (Å²) in [5, 5.41) is 3.82. The van der Waals surface area contributed by atoms with Gasteiger partial charge >= 0.3 is 5.97 Å². The van der Waals surface area contributed by atoms with Crippen LogP contribution in [0.25, 0.3) is 10.9 Å². The van der Waals surface area contributed by atoms with Crippen molar-refractivity contribution in [1.82, 2.24) is 9.55 Å². The number of amides is 1. The van der Waals surface area contributed by atoms with Gasteiger partial charge in [-0.1, -0.05) is 6.07 Å². The minimum Gasteiger partial charge on any atom is -0.462 e. The van der Waals surface area contributed by atoms with Crippen LogP contribution in [0.4, 0.5) is 5.69 Å². The molecule has 3 rings (SSSR count). The van der Waals surface area contributed by atoms with E-state index in [1.165, 1.54) is 0 Å². The third-order valence-corrected chi connectivity index (χ3v) is 4.29. The van der Waals surface area contributed by atoms with E-state index >= 15 is 0 Å². The zero-order valence-corrected chi connectivity index (χ0v) is 15.1. The molecule has 2 aromatic heterocycles. The zero-order chi connectivity index (χ0) is 18.7. The van der Waals surface area contributed by atoms with Crippen molar-refractivity contribution in [3.8, 4) is 0 Å². The Hall–Kier alpha value is -3.15. The number of hydrogen-bond acceptors (Lipinski definition) is 4. The number of pyridine rings is 1. The maximum Gasteiger partial charge on any atom is 0.339 e. The molecule has 134 valence electrons. The van der Waals surface area contributed by atoms with Gasteiger partial charge in [-0.15, -0.1) is 0 Å². The van der Waals surface area contributed by atoms with Crippen molar-refractivity contribution in [2.75, 3.05) is 11.9 Å². The lowest BCUT2D eigenvalue weighted by atomic mass is 10.2. The third-order valence-electron chi connectivity index (χ3n) is 4.29. The topological polar surface area (TPSA) is 73.2 Å². The van der Waals surface area contributed by atoms with Gasteiger partial charge in [0, 0.05) is 23.0 Å². The summed E-state index contributed by atoms with van der Waals surface area (Å²) >= 11 is 0. The van der Waals surface area contributed by atoms with Crippen molar-refractivity contribution >= 4 is 28.5 Å². The highest BCUT2D eigenvalue weighted by atomic mass is 16.5. The maximum absolute atomic E-state index is 12.6. The molecule has 3 aromatic rings. The number of aromatic nitrogens is 2. The molecule has 26 heavy (non-hydrogen) atoms. The molecule has 0 radical (unpaired) electrons. The average molecular weight is 351 g/mol. The second kappa shape index (κ2) is 7.39. The molecular weight excluding hydrogens is 330 g/mol. The number of esters is 1. The van der Waals surface area contributed by atoms with Crippen LogP contribution in [0.1, 0.15) is 28.7 Å². The summed E-state index contributed by atoms with van der Waals surface area (Å²) in [4.78, 5) is 28.9. The summed E-state index contributed by atoms with van der Waals surface area (Å²) in [5.41, 5.74) is 3.58. The number of nitrogens with zero attached hydrogens (tertiary/aromatic N) is 2. The molecule has 0 unspecified atom stereocenters. The minimum atomic E-state index is -0.368. The van der Waals surface area contributed by atoms with Crippen molar-refractivity contribution in [2.45, 2.75) is 27.3 Å². The number of ether oxygens (including phenoxy) is 1. The van der Waals surface area contributed by atoms with E-state index in [2.05, 4.69) is 10.3 Å². The number of carbonyl (C=O) groups is 2. The predicted octanol–water partition coefficient (Wildman–Crippen LogP) is 3.47. The van der Waals surface area contributed by atoms with Gasteiger partial charge in [0.05, 0.1) is 23.4 Å². The Balaban J connectivity index is 1.81. The van der Waals surface area contributed by atoms with Gasteiger partial charge in [0.2, 0.25) is 5.91 Å². The van der Waals surface area contributed by atoms with Gasteiger partial charge in [-0.05, 0) is 51.1 Å². The van der Waals surface area contributed by atoms with Crippen LogP contribution >= 0.6 is 0 Å². The highest BCUT2D eigenvalue weighted by Gasteiger charge is 2.18. The van der Waals surface area contributed by atoms with Crippen LogP contribution < -0.4 is 5.32 Å². The Labute approximate surface area is 151 Å². The van der Waals surface area contributed by atoms with Crippen LogP contribution in [0.5, 0.6) is 0 Å². The molecule has 0 saturated carbocycles. The molecule has 6 heteroatoms. The van der Waals surface area contributed by atoms with Gasteiger partial charge < -0.3 is 14.6 Å². The Morgan fingerprint density at radius 1 is 1.19 bits per heavy atom. The largest absolute Gasteiger partial charge is 0.462 e. The van der Waals surface area contributed by atoms with E-state index in [0.717, 1.165) is 22.3 Å². The molecule has 0 aliphatic rings. The van der Waals surface area contributed by atoms with Gasteiger partial charge in [-0.3, -0.25) is 9.78 Å². The second-order valence-corrected chi connectivity index (χ2v) is 6.02. The van der Waals surface area contributed by atoms with Crippen molar-refractivity contribution < 1.29 is 14.3 Å². The lowest BCUT2D eigenvalue weighted by Crippen LogP contribution is -2.20. The molecule has 0 bridgehead atoms. The lowest BCUT2D eigenvalue weighted by Gasteiger charge is -2.12. The van der Waals surface area contributed by atoms with E-state index in [1.807, 2.05) is 48.7 Å². The van der Waals surface area contributed by atoms with Crippen molar-refractivity contribution in [1.29, 1.82) is 0 Å². The van der Waals surface area contributed by atoms with Crippen LogP contribution in [0.15, 0.2) is 42.6 Å². The Morgan fingerprint density at radius 2 is 2.00 bits per heavy atom. The summed E-state index contributed by atoms with van der Waals surface area (Å²) in [6, 6.07) is 11.1. The smallest absolute Gasteiger partial charge is 0.339 e. The van der Waals surface area contributed by atoms with Crippen LogP contribution in [0.2, 0.25) is 0 Å². The summed E-state index contributed by atoms with van der Waals surface area (Å²) in [5.74, 6) is -0.536. The van der Waals surface area contributed by atoms with Gasteiger partial charge in [-0.25, -0.2) is 4.79 Å². The summed E-state index contributed by atoms with van der Waals surface area (Å²) in [6.07, 6.45) is 1.72. The van der Waals surface area contributed by atoms with Crippen LogP contribution in [0.3, 0.4) is 0 Å². The van der Waals surface area contributed by atoms with E-state index in [9.17, 15) is 9.59 Å². The molecular formula is C20H21N3O3. The molecule has 0 aliphatic carbocycles. The molecule has 1 N–H and O–H groups in total. The second-order valence-electron chi connectivity index (χ2n) is 6.02. The van der Waals surface area contributed by atoms with Crippen molar-refractivity contribution in [3.63, 3.8) is 0 Å². The van der Waals surface area contributed by atoms with E-state index in [0.29, 0.717) is 17.9 Å². The molecule has 1 aromatic carbocycles. The number of aryl methyl sites for hydroxylation is 1. The van der Waals surface area contributed by atoms with E-state index < -0.39 is 0 Å². The molecule has 0 saturated heterocycles. The molecule has 0 aliphatic heterocycles. The molecule has 0 spiro atoms. The van der Waals surface area contributed by atoms with Crippen molar-refractivity contribution in [2.24, 2.45) is 0 Å². The van der Waals surface area contributed by atoms with Gasteiger partial charge in [0.25, 0.3) is 0 Å². The summed E-state index contributed by atoms with van der Waals surface area (Å²) in [7, 11) is 0. The minimum absolute atomic E-state index is 0.119. The lowest BCUT2D eigenvalue weighted by molar-refractivity contribution is -0.116. The maximum atomic E-state index is 12.6. The molecule has 1 amide bonds. The van der Waals surface area contributed by atoms with Gasteiger partial charge in [-0.2, -0.15) is 0 Å². The normalized spacial score (nSPS) is 10.7. The number of rotatable bonds is 5. The number of nitrogens with one attached hydrogen (secondary N) is 1. The first-order valence-electron chi connectivity index (χ1n) is 8.48. The van der Waals surface area contributed by atoms with Crippen LogP contribution in [0, 0.1) is 13.8 Å². The number of fused-ring (bicyclic) bond motifs is 1. The first-order valence-corrected chi connectivity index (χ1v) is 8.48. The van der Waals surface area contributed by atoms with E-state index in [4.69, 9.17) is 4.74 Å². The Bertz CT molecular complexity index is 970. The first-order chi connectivity index (χ1) is 12.5. The van der Waals surface area contributed by atoms with E-state index in [1.54, 1.807) is 19.2 Å².